The maximum atomic E-state index is 13.3. The molecule has 0 aliphatic carbocycles. The standard InChI is InChI=1S/C12H12FN3O/c1-16(2)8-9(7-14)12(17)15-11-6-4-3-5-10(11)13/h3-6,8H,1-2H3,(H,15,17)/b9-8+. The molecule has 0 bridgehead atoms. The lowest BCUT2D eigenvalue weighted by Crippen LogP contribution is -2.17. The summed E-state index contributed by atoms with van der Waals surface area (Å²) in [5, 5.41) is 11.1. The number of nitrogens with one attached hydrogen (secondary N) is 1. The van der Waals surface area contributed by atoms with Crippen molar-refractivity contribution >= 4 is 11.6 Å². The van der Waals surface area contributed by atoms with Crippen molar-refractivity contribution in [3.63, 3.8) is 0 Å². The summed E-state index contributed by atoms with van der Waals surface area (Å²) in [6.07, 6.45) is 1.37. The number of carbonyl (C=O) groups is 1. The van der Waals surface area contributed by atoms with E-state index in [0.29, 0.717) is 0 Å². The summed E-state index contributed by atoms with van der Waals surface area (Å²) in [5.41, 5.74) is -0.0318. The maximum absolute atomic E-state index is 13.3. The average Bonchev–Trinajstić information content (AvgIpc) is 2.28. The van der Waals surface area contributed by atoms with Crippen molar-refractivity contribution in [1.29, 1.82) is 5.26 Å². The van der Waals surface area contributed by atoms with Gasteiger partial charge in [-0.2, -0.15) is 5.26 Å². The van der Waals surface area contributed by atoms with Crippen molar-refractivity contribution in [3.05, 3.63) is 41.9 Å². The highest BCUT2D eigenvalue weighted by Gasteiger charge is 2.11. The van der Waals surface area contributed by atoms with Crippen LogP contribution in [-0.2, 0) is 4.79 Å². The Morgan fingerprint density at radius 1 is 1.47 bits per heavy atom. The van der Waals surface area contributed by atoms with E-state index in [0.717, 1.165) is 0 Å². The lowest BCUT2D eigenvalue weighted by molar-refractivity contribution is -0.112. The number of hydrogen-bond donors (Lipinski definition) is 1. The molecule has 1 N–H and O–H groups in total. The summed E-state index contributed by atoms with van der Waals surface area (Å²) in [6, 6.07) is 7.54. The van der Waals surface area contributed by atoms with E-state index in [1.54, 1.807) is 31.1 Å². The van der Waals surface area contributed by atoms with Crippen LogP contribution in [0.5, 0.6) is 0 Å². The van der Waals surface area contributed by atoms with Crippen molar-refractivity contribution < 1.29 is 9.18 Å². The fourth-order valence-corrected chi connectivity index (χ4v) is 1.15. The third-order valence-corrected chi connectivity index (χ3v) is 1.87. The molecule has 0 aromatic heterocycles. The molecule has 0 aliphatic rings. The first kappa shape index (κ1) is 12.7. The first-order valence-electron chi connectivity index (χ1n) is 4.89. The highest BCUT2D eigenvalue weighted by molar-refractivity contribution is 6.06. The molecule has 1 rings (SSSR count). The van der Waals surface area contributed by atoms with Crippen LogP contribution >= 0.6 is 0 Å². The fraction of sp³-hybridized carbons (Fsp3) is 0.167. The molecule has 17 heavy (non-hydrogen) atoms. The van der Waals surface area contributed by atoms with E-state index in [1.165, 1.54) is 24.4 Å². The number of anilines is 1. The van der Waals surface area contributed by atoms with Gasteiger partial charge in [0.05, 0.1) is 5.69 Å². The third-order valence-electron chi connectivity index (χ3n) is 1.87. The Bertz CT molecular complexity index is 489. The van der Waals surface area contributed by atoms with Crippen LogP contribution in [0.4, 0.5) is 10.1 Å². The van der Waals surface area contributed by atoms with Gasteiger partial charge in [0, 0.05) is 20.3 Å². The van der Waals surface area contributed by atoms with Gasteiger partial charge in [-0.3, -0.25) is 4.79 Å². The molecule has 0 saturated carbocycles. The smallest absolute Gasteiger partial charge is 0.267 e. The van der Waals surface area contributed by atoms with Crippen LogP contribution in [0.1, 0.15) is 0 Å². The summed E-state index contributed by atoms with van der Waals surface area (Å²) in [7, 11) is 3.38. The predicted molar refractivity (Wildman–Crippen MR) is 62.4 cm³/mol. The molecule has 1 aromatic rings. The number of nitriles is 1. The first-order chi connectivity index (χ1) is 8.04. The SMILES string of the molecule is CN(C)/C=C(\C#N)C(=O)Nc1ccccc1F. The molecule has 4 nitrogen and oxygen atoms in total. The Morgan fingerprint density at radius 2 is 2.12 bits per heavy atom. The largest absolute Gasteiger partial charge is 0.382 e. The number of halogens is 1. The zero-order chi connectivity index (χ0) is 12.8. The van der Waals surface area contributed by atoms with Crippen molar-refractivity contribution in [3.8, 4) is 6.07 Å². The lowest BCUT2D eigenvalue weighted by atomic mass is 10.2. The zero-order valence-electron chi connectivity index (χ0n) is 9.57. The summed E-state index contributed by atoms with van der Waals surface area (Å²) in [5.74, 6) is -1.17. The van der Waals surface area contributed by atoms with Crippen LogP contribution in [0.2, 0.25) is 0 Å². The molecular formula is C12H12FN3O. The van der Waals surface area contributed by atoms with Gasteiger partial charge in [0.25, 0.3) is 5.91 Å². The molecule has 88 valence electrons. The van der Waals surface area contributed by atoms with Gasteiger partial charge in [0.2, 0.25) is 0 Å². The normalized spacial score (nSPS) is 10.6. The van der Waals surface area contributed by atoms with Crippen molar-refractivity contribution in [1.82, 2.24) is 4.90 Å². The number of nitrogens with zero attached hydrogens (tertiary/aromatic N) is 2. The Morgan fingerprint density at radius 3 is 2.65 bits per heavy atom. The molecular weight excluding hydrogens is 221 g/mol. The van der Waals surface area contributed by atoms with Gasteiger partial charge in [-0.25, -0.2) is 4.39 Å². The first-order valence-corrected chi connectivity index (χ1v) is 4.89. The van der Waals surface area contributed by atoms with Crippen molar-refractivity contribution in [2.75, 3.05) is 19.4 Å². The summed E-state index contributed by atoms with van der Waals surface area (Å²) in [6.45, 7) is 0. The van der Waals surface area contributed by atoms with E-state index in [9.17, 15) is 9.18 Å². The molecule has 0 aliphatic heterocycles. The van der Waals surface area contributed by atoms with Crippen LogP contribution in [0.25, 0.3) is 0 Å². The minimum Gasteiger partial charge on any atom is -0.382 e. The van der Waals surface area contributed by atoms with E-state index < -0.39 is 11.7 Å². The summed E-state index contributed by atoms with van der Waals surface area (Å²) >= 11 is 0. The van der Waals surface area contributed by atoms with E-state index in [-0.39, 0.29) is 11.3 Å². The molecule has 1 amide bonds. The van der Waals surface area contributed by atoms with Crippen molar-refractivity contribution in [2.24, 2.45) is 0 Å². The highest BCUT2D eigenvalue weighted by atomic mass is 19.1. The number of amides is 1. The van der Waals surface area contributed by atoms with Crippen LogP contribution in [0.15, 0.2) is 36.0 Å². The van der Waals surface area contributed by atoms with Gasteiger partial charge in [0.15, 0.2) is 0 Å². The Hall–Kier alpha value is -2.35. The van der Waals surface area contributed by atoms with E-state index in [2.05, 4.69) is 5.32 Å². The van der Waals surface area contributed by atoms with Gasteiger partial charge in [-0.05, 0) is 12.1 Å². The second kappa shape index (κ2) is 5.66. The quantitative estimate of drug-likeness (QED) is 0.639. The lowest BCUT2D eigenvalue weighted by Gasteiger charge is -2.08. The number of benzene rings is 1. The summed E-state index contributed by atoms with van der Waals surface area (Å²) in [4.78, 5) is 13.2. The third kappa shape index (κ3) is 3.61. The van der Waals surface area contributed by atoms with E-state index in [1.807, 2.05) is 0 Å². The highest BCUT2D eigenvalue weighted by Crippen LogP contribution is 2.13. The van der Waals surface area contributed by atoms with Gasteiger partial charge in [-0.15, -0.1) is 0 Å². The molecule has 5 heteroatoms. The molecule has 1 aromatic carbocycles. The van der Waals surface area contributed by atoms with Gasteiger partial charge < -0.3 is 10.2 Å². The summed E-state index contributed by atoms with van der Waals surface area (Å²) < 4.78 is 13.3. The topological polar surface area (TPSA) is 56.1 Å². The van der Waals surface area contributed by atoms with E-state index >= 15 is 0 Å². The monoisotopic (exact) mass is 233 g/mol. The van der Waals surface area contributed by atoms with Crippen LogP contribution < -0.4 is 5.32 Å². The molecule has 0 saturated heterocycles. The van der Waals surface area contributed by atoms with Gasteiger partial charge >= 0.3 is 0 Å². The Labute approximate surface area is 99.0 Å². The fourth-order valence-electron chi connectivity index (χ4n) is 1.15. The van der Waals surface area contributed by atoms with Crippen LogP contribution in [0.3, 0.4) is 0 Å². The molecule has 0 radical (unpaired) electrons. The number of rotatable bonds is 3. The number of carbonyl (C=O) groups excluding carboxylic acids is 1. The minimum absolute atomic E-state index is 0.0532. The number of hydrogen-bond acceptors (Lipinski definition) is 3. The van der Waals surface area contributed by atoms with Crippen LogP contribution in [0, 0.1) is 17.1 Å². The number of para-hydroxylation sites is 1. The molecule has 0 unspecified atom stereocenters. The zero-order valence-corrected chi connectivity index (χ0v) is 9.57. The van der Waals surface area contributed by atoms with Gasteiger partial charge in [-0.1, -0.05) is 12.1 Å². The average molecular weight is 233 g/mol. The van der Waals surface area contributed by atoms with Crippen molar-refractivity contribution in [2.45, 2.75) is 0 Å². The minimum atomic E-state index is -0.633. The Balaban J connectivity index is 2.87. The van der Waals surface area contributed by atoms with Crippen LogP contribution in [-0.4, -0.2) is 24.9 Å². The molecule has 0 heterocycles. The second-order valence-electron chi connectivity index (χ2n) is 3.55. The maximum Gasteiger partial charge on any atom is 0.267 e. The predicted octanol–water partition coefficient (Wildman–Crippen LogP) is 1.73. The van der Waals surface area contributed by atoms with Gasteiger partial charge in [0.1, 0.15) is 17.5 Å². The second-order valence-corrected chi connectivity index (χ2v) is 3.55. The molecule has 0 atom stereocenters. The molecule has 0 fully saturated rings. The van der Waals surface area contributed by atoms with E-state index in [4.69, 9.17) is 5.26 Å². The molecule has 0 spiro atoms. The Kier molecular flexibility index (Phi) is 4.23.